The number of rotatable bonds is 4. The van der Waals surface area contributed by atoms with Crippen molar-refractivity contribution < 1.29 is 13.7 Å². The minimum Gasteiger partial charge on any atom is -0.361 e. The second kappa shape index (κ2) is 6.52. The van der Waals surface area contributed by atoms with Crippen LogP contribution in [0, 0.1) is 5.82 Å². The van der Waals surface area contributed by atoms with E-state index in [1.54, 1.807) is 12.1 Å². The van der Waals surface area contributed by atoms with Crippen molar-refractivity contribution in [3.63, 3.8) is 0 Å². The fourth-order valence-electron chi connectivity index (χ4n) is 3.03. The van der Waals surface area contributed by atoms with Gasteiger partial charge >= 0.3 is 0 Å². The number of hydrogen-bond acceptors (Lipinski definition) is 3. The zero-order valence-corrected chi connectivity index (χ0v) is 13.5. The molecule has 1 aliphatic heterocycles. The summed E-state index contributed by atoms with van der Waals surface area (Å²) in [6.45, 7) is 4.81. The number of nitrogens with zero attached hydrogens (tertiary/aromatic N) is 2. The summed E-state index contributed by atoms with van der Waals surface area (Å²) in [5, 5.41) is 4.14. The van der Waals surface area contributed by atoms with Crippen LogP contribution in [0.2, 0.25) is 0 Å². The molecule has 1 aliphatic rings. The molecule has 0 saturated carbocycles. The molecule has 2 aromatic rings. The van der Waals surface area contributed by atoms with Gasteiger partial charge in [-0.1, -0.05) is 31.1 Å². The van der Waals surface area contributed by atoms with Crippen LogP contribution in [0.4, 0.5) is 4.39 Å². The van der Waals surface area contributed by atoms with Gasteiger partial charge in [0.2, 0.25) is 5.91 Å². The molecule has 2 heterocycles. The topological polar surface area (TPSA) is 46.3 Å². The van der Waals surface area contributed by atoms with Crippen molar-refractivity contribution in [1.29, 1.82) is 0 Å². The van der Waals surface area contributed by atoms with E-state index in [4.69, 9.17) is 4.52 Å². The predicted molar refractivity (Wildman–Crippen MR) is 84.4 cm³/mol. The molecule has 1 saturated heterocycles. The van der Waals surface area contributed by atoms with Crippen LogP contribution in [0.15, 0.2) is 34.9 Å². The van der Waals surface area contributed by atoms with Crippen LogP contribution in [0.1, 0.15) is 55.7 Å². The molecule has 23 heavy (non-hydrogen) atoms. The lowest BCUT2D eigenvalue weighted by molar-refractivity contribution is -0.131. The molecule has 0 N–H and O–H groups in total. The maximum Gasteiger partial charge on any atom is 0.227 e. The first kappa shape index (κ1) is 15.7. The summed E-state index contributed by atoms with van der Waals surface area (Å²) in [4.78, 5) is 14.4. The fraction of sp³-hybridized carbons (Fsp3) is 0.444. The molecule has 4 nitrogen and oxygen atoms in total. The van der Waals surface area contributed by atoms with E-state index in [1.807, 2.05) is 24.8 Å². The molecule has 1 amide bonds. The zero-order valence-electron chi connectivity index (χ0n) is 13.5. The summed E-state index contributed by atoms with van der Waals surface area (Å²) in [5.74, 6) is 0.803. The summed E-state index contributed by atoms with van der Waals surface area (Å²) >= 11 is 0. The van der Waals surface area contributed by atoms with Crippen molar-refractivity contribution in [3.8, 4) is 0 Å². The summed E-state index contributed by atoms with van der Waals surface area (Å²) in [6.07, 6.45) is 2.05. The van der Waals surface area contributed by atoms with Crippen molar-refractivity contribution in [1.82, 2.24) is 10.1 Å². The fourth-order valence-corrected chi connectivity index (χ4v) is 3.03. The first-order valence-electron chi connectivity index (χ1n) is 8.05. The standard InChI is InChI=1S/C18H21FN2O2/c1-12(2)17-11-15(20-23-17)16-7-4-8-21(16)18(22)10-13-5-3-6-14(19)9-13/h3,5-6,9,11-12,16H,4,7-8,10H2,1-2H3. The molecule has 1 fully saturated rings. The van der Waals surface area contributed by atoms with Gasteiger partial charge in [-0.3, -0.25) is 4.79 Å². The zero-order chi connectivity index (χ0) is 16.4. The van der Waals surface area contributed by atoms with Crippen LogP contribution in [0.3, 0.4) is 0 Å². The number of carbonyl (C=O) groups excluding carboxylic acids is 1. The highest BCUT2D eigenvalue weighted by Gasteiger charge is 2.32. The molecule has 0 aliphatic carbocycles. The van der Waals surface area contributed by atoms with Crippen LogP contribution in [0.5, 0.6) is 0 Å². The summed E-state index contributed by atoms with van der Waals surface area (Å²) < 4.78 is 18.6. The summed E-state index contributed by atoms with van der Waals surface area (Å²) in [7, 11) is 0. The number of aromatic nitrogens is 1. The van der Waals surface area contributed by atoms with Gasteiger partial charge in [0, 0.05) is 18.5 Å². The molecule has 0 spiro atoms. The van der Waals surface area contributed by atoms with Crippen LogP contribution >= 0.6 is 0 Å². The largest absolute Gasteiger partial charge is 0.361 e. The highest BCUT2D eigenvalue weighted by Crippen LogP contribution is 2.33. The van der Waals surface area contributed by atoms with Crippen LogP contribution in [-0.2, 0) is 11.2 Å². The lowest BCUT2D eigenvalue weighted by atomic mass is 10.1. The SMILES string of the molecule is CC(C)c1cc(C2CCCN2C(=O)Cc2cccc(F)c2)no1. The number of likely N-dealkylation sites (tertiary alicyclic amines) is 1. The van der Waals surface area contributed by atoms with E-state index in [9.17, 15) is 9.18 Å². The van der Waals surface area contributed by atoms with Gasteiger partial charge in [0.25, 0.3) is 0 Å². The summed E-state index contributed by atoms with van der Waals surface area (Å²) in [6, 6.07) is 8.12. The molecule has 1 aromatic carbocycles. The highest BCUT2D eigenvalue weighted by molar-refractivity contribution is 5.79. The second-order valence-corrected chi connectivity index (χ2v) is 6.36. The van der Waals surface area contributed by atoms with E-state index < -0.39 is 0 Å². The monoisotopic (exact) mass is 316 g/mol. The van der Waals surface area contributed by atoms with Crippen LogP contribution in [-0.4, -0.2) is 22.5 Å². The number of benzene rings is 1. The van der Waals surface area contributed by atoms with E-state index >= 15 is 0 Å². The normalized spacial score (nSPS) is 17.9. The first-order chi connectivity index (χ1) is 11.0. The third-order valence-electron chi connectivity index (χ3n) is 4.27. The van der Waals surface area contributed by atoms with E-state index in [0.717, 1.165) is 24.3 Å². The average Bonchev–Trinajstić information content (AvgIpc) is 3.16. The van der Waals surface area contributed by atoms with E-state index in [0.29, 0.717) is 12.1 Å². The van der Waals surface area contributed by atoms with E-state index in [1.165, 1.54) is 12.1 Å². The highest BCUT2D eigenvalue weighted by atomic mass is 19.1. The van der Waals surface area contributed by atoms with Crippen molar-refractivity contribution in [3.05, 3.63) is 53.2 Å². The molecule has 1 unspecified atom stereocenters. The van der Waals surface area contributed by atoms with Gasteiger partial charge in [0.1, 0.15) is 17.3 Å². The van der Waals surface area contributed by atoms with Gasteiger partial charge in [0.05, 0.1) is 12.5 Å². The third kappa shape index (κ3) is 3.44. The quantitative estimate of drug-likeness (QED) is 0.861. The molecule has 5 heteroatoms. The maximum atomic E-state index is 13.3. The van der Waals surface area contributed by atoms with Gasteiger partial charge in [-0.2, -0.15) is 0 Å². The second-order valence-electron chi connectivity index (χ2n) is 6.36. The maximum absolute atomic E-state index is 13.3. The Balaban J connectivity index is 1.74. The van der Waals surface area contributed by atoms with Crippen LogP contribution < -0.4 is 0 Å². The molecule has 122 valence electrons. The van der Waals surface area contributed by atoms with Gasteiger partial charge < -0.3 is 9.42 Å². The van der Waals surface area contributed by atoms with E-state index in [2.05, 4.69) is 5.16 Å². The first-order valence-corrected chi connectivity index (χ1v) is 8.05. The number of hydrogen-bond donors (Lipinski definition) is 0. The van der Waals surface area contributed by atoms with Gasteiger partial charge in [-0.15, -0.1) is 0 Å². The lowest BCUT2D eigenvalue weighted by Gasteiger charge is -2.23. The van der Waals surface area contributed by atoms with Crippen molar-refractivity contribution in [2.75, 3.05) is 6.54 Å². The van der Waals surface area contributed by atoms with Gasteiger partial charge in [-0.25, -0.2) is 4.39 Å². The Morgan fingerprint density at radius 2 is 2.26 bits per heavy atom. The Bertz CT molecular complexity index is 696. The summed E-state index contributed by atoms with van der Waals surface area (Å²) in [5.41, 5.74) is 1.52. The van der Waals surface area contributed by atoms with Crippen molar-refractivity contribution in [2.45, 2.75) is 45.1 Å². The molecular weight excluding hydrogens is 295 g/mol. The molecule has 1 aromatic heterocycles. The Morgan fingerprint density at radius 3 is 2.96 bits per heavy atom. The Hall–Kier alpha value is -2.17. The van der Waals surface area contributed by atoms with Crippen molar-refractivity contribution >= 4 is 5.91 Å². The number of carbonyl (C=O) groups is 1. The predicted octanol–water partition coefficient (Wildman–Crippen LogP) is 3.84. The lowest BCUT2D eigenvalue weighted by Crippen LogP contribution is -2.32. The molecular formula is C18H21FN2O2. The third-order valence-corrected chi connectivity index (χ3v) is 4.27. The van der Waals surface area contributed by atoms with E-state index in [-0.39, 0.29) is 30.1 Å². The minimum absolute atomic E-state index is 0.00666. The number of halogens is 1. The Kier molecular flexibility index (Phi) is 4.46. The molecule has 1 atom stereocenters. The average molecular weight is 316 g/mol. The van der Waals surface area contributed by atoms with Gasteiger partial charge in [0.15, 0.2) is 0 Å². The Labute approximate surface area is 135 Å². The van der Waals surface area contributed by atoms with Crippen LogP contribution in [0.25, 0.3) is 0 Å². The molecule has 3 rings (SSSR count). The number of amides is 1. The molecule has 0 bridgehead atoms. The van der Waals surface area contributed by atoms with Crippen molar-refractivity contribution in [2.24, 2.45) is 0 Å². The Morgan fingerprint density at radius 1 is 1.43 bits per heavy atom. The smallest absolute Gasteiger partial charge is 0.227 e. The minimum atomic E-state index is -0.314. The van der Waals surface area contributed by atoms with Gasteiger partial charge in [-0.05, 0) is 30.5 Å². The molecule has 0 radical (unpaired) electrons.